The number of carbonyl (C=O) groups is 1. The first-order valence-electron chi connectivity index (χ1n) is 7.44. The zero-order chi connectivity index (χ0) is 15.0. The topological polar surface area (TPSA) is 41.6 Å². The van der Waals surface area contributed by atoms with Gasteiger partial charge in [-0.3, -0.25) is 0 Å². The number of benzene rings is 1. The van der Waals surface area contributed by atoms with Crippen LogP contribution in [-0.4, -0.2) is 31.7 Å². The van der Waals surface area contributed by atoms with Crippen molar-refractivity contribution in [2.75, 3.05) is 29.9 Å². The molecule has 0 saturated carbocycles. The molecule has 0 aliphatic heterocycles. The fraction of sp³-hybridized carbons (Fsp3) is 0.562. The molecule has 0 heterocycles. The lowest BCUT2D eigenvalue weighted by Crippen LogP contribution is -2.30. The van der Waals surface area contributed by atoms with Crippen LogP contribution in [0.15, 0.2) is 24.3 Å². The van der Waals surface area contributed by atoms with Gasteiger partial charge in [0.15, 0.2) is 0 Å². The quantitative estimate of drug-likeness (QED) is 0.741. The van der Waals surface area contributed by atoms with Gasteiger partial charge in [0.25, 0.3) is 0 Å². The monoisotopic (exact) mass is 278 g/mol. The van der Waals surface area contributed by atoms with E-state index < -0.39 is 0 Å². The van der Waals surface area contributed by atoms with Crippen LogP contribution in [0.4, 0.5) is 11.4 Å². The molecule has 0 bridgehead atoms. The molecule has 4 heteroatoms. The van der Waals surface area contributed by atoms with Crippen LogP contribution in [0.5, 0.6) is 0 Å². The average molecular weight is 278 g/mol. The Morgan fingerprint density at radius 2 is 1.75 bits per heavy atom. The van der Waals surface area contributed by atoms with Crippen molar-refractivity contribution in [2.24, 2.45) is 0 Å². The summed E-state index contributed by atoms with van der Waals surface area (Å²) in [5.41, 5.74) is 2.14. The van der Waals surface area contributed by atoms with Crippen LogP contribution in [0.25, 0.3) is 0 Å². The maximum atomic E-state index is 11.8. The molecule has 1 aromatic rings. The summed E-state index contributed by atoms with van der Waals surface area (Å²) in [5, 5.41) is 3.22. The van der Waals surface area contributed by atoms with Crippen molar-refractivity contribution in [2.45, 2.75) is 40.2 Å². The Labute approximate surface area is 122 Å². The second-order valence-electron chi connectivity index (χ2n) is 4.58. The summed E-state index contributed by atoms with van der Waals surface area (Å²) in [6, 6.07) is 7.89. The highest BCUT2D eigenvalue weighted by Gasteiger charge is 2.17. The van der Waals surface area contributed by atoms with Gasteiger partial charge in [0.05, 0.1) is 6.61 Å². The number of rotatable bonds is 8. The van der Waals surface area contributed by atoms with Crippen molar-refractivity contribution in [3.05, 3.63) is 24.3 Å². The molecule has 1 unspecified atom stereocenters. The summed E-state index contributed by atoms with van der Waals surface area (Å²) >= 11 is 0. The smallest absolute Gasteiger partial charge is 0.328 e. The minimum absolute atomic E-state index is 0.192. The van der Waals surface area contributed by atoms with Crippen LogP contribution >= 0.6 is 0 Å². The minimum Gasteiger partial charge on any atom is -0.464 e. The molecule has 0 saturated heterocycles. The summed E-state index contributed by atoms with van der Waals surface area (Å²) < 4.78 is 5.05. The van der Waals surface area contributed by atoms with Crippen molar-refractivity contribution < 1.29 is 9.53 Å². The summed E-state index contributed by atoms with van der Waals surface area (Å²) in [7, 11) is 0. The van der Waals surface area contributed by atoms with Crippen molar-refractivity contribution in [1.82, 2.24) is 0 Å². The predicted molar refractivity (Wildman–Crippen MR) is 84.3 cm³/mol. The Hall–Kier alpha value is -1.71. The molecule has 0 aliphatic carbocycles. The highest BCUT2D eigenvalue weighted by molar-refractivity contribution is 5.79. The number of carbonyl (C=O) groups excluding carboxylic acids is 1. The van der Waals surface area contributed by atoms with Crippen molar-refractivity contribution in [1.29, 1.82) is 0 Å². The maximum absolute atomic E-state index is 11.8. The molecule has 0 aliphatic rings. The molecule has 0 aromatic heterocycles. The summed E-state index contributed by atoms with van der Waals surface area (Å²) in [6.07, 6.45) is 0.705. The van der Waals surface area contributed by atoms with Gasteiger partial charge in [0, 0.05) is 24.5 Å². The van der Waals surface area contributed by atoms with Crippen LogP contribution in [0, 0.1) is 0 Å². The van der Waals surface area contributed by atoms with E-state index in [4.69, 9.17) is 4.74 Å². The minimum atomic E-state index is -0.283. The third-order valence-corrected chi connectivity index (χ3v) is 3.32. The third kappa shape index (κ3) is 4.44. The molecule has 1 N–H and O–H groups in total. The standard InChI is InChI=1S/C16H26N2O2/c1-5-15(16(19)20-8-4)17-13-9-11-14(12-10-13)18(6-2)7-3/h9-12,15,17H,5-8H2,1-4H3. The summed E-state index contributed by atoms with van der Waals surface area (Å²) in [5.74, 6) is -0.192. The highest BCUT2D eigenvalue weighted by atomic mass is 16.5. The van der Waals surface area contributed by atoms with E-state index in [0.717, 1.165) is 18.8 Å². The fourth-order valence-corrected chi connectivity index (χ4v) is 2.13. The Balaban J connectivity index is 2.70. The SMILES string of the molecule is CCOC(=O)C(CC)Nc1ccc(N(CC)CC)cc1. The fourth-order valence-electron chi connectivity index (χ4n) is 2.13. The van der Waals surface area contributed by atoms with E-state index in [2.05, 4.69) is 36.2 Å². The van der Waals surface area contributed by atoms with Crippen molar-refractivity contribution in [3.63, 3.8) is 0 Å². The summed E-state index contributed by atoms with van der Waals surface area (Å²) in [4.78, 5) is 14.0. The van der Waals surface area contributed by atoms with E-state index in [1.165, 1.54) is 5.69 Å². The molecule has 0 fully saturated rings. The van der Waals surface area contributed by atoms with Gasteiger partial charge >= 0.3 is 5.97 Å². The van der Waals surface area contributed by atoms with Crippen LogP contribution < -0.4 is 10.2 Å². The van der Waals surface area contributed by atoms with Crippen molar-refractivity contribution in [3.8, 4) is 0 Å². The second kappa shape index (κ2) is 8.46. The lowest BCUT2D eigenvalue weighted by atomic mass is 10.2. The Kier molecular flexibility index (Phi) is 6.91. The number of anilines is 2. The number of hydrogen-bond acceptors (Lipinski definition) is 4. The van der Waals surface area contributed by atoms with Crippen LogP contribution in [-0.2, 0) is 9.53 Å². The third-order valence-electron chi connectivity index (χ3n) is 3.32. The van der Waals surface area contributed by atoms with Gasteiger partial charge in [-0.25, -0.2) is 4.79 Å². The Morgan fingerprint density at radius 1 is 1.15 bits per heavy atom. The molecule has 1 aromatic carbocycles. The van der Waals surface area contributed by atoms with E-state index >= 15 is 0 Å². The predicted octanol–water partition coefficient (Wildman–Crippen LogP) is 3.29. The van der Waals surface area contributed by atoms with E-state index in [0.29, 0.717) is 13.0 Å². The number of hydrogen-bond donors (Lipinski definition) is 1. The zero-order valence-corrected chi connectivity index (χ0v) is 13.0. The first kappa shape index (κ1) is 16.3. The second-order valence-corrected chi connectivity index (χ2v) is 4.58. The molecule has 0 radical (unpaired) electrons. The van der Waals surface area contributed by atoms with Crippen LogP contribution in [0.2, 0.25) is 0 Å². The molecule has 0 amide bonds. The van der Waals surface area contributed by atoms with Gasteiger partial charge in [0.1, 0.15) is 6.04 Å². The molecule has 0 spiro atoms. The maximum Gasteiger partial charge on any atom is 0.328 e. The first-order valence-corrected chi connectivity index (χ1v) is 7.44. The van der Waals surface area contributed by atoms with E-state index in [-0.39, 0.29) is 12.0 Å². The van der Waals surface area contributed by atoms with Gasteiger partial charge in [-0.2, -0.15) is 0 Å². The highest BCUT2D eigenvalue weighted by Crippen LogP contribution is 2.18. The number of esters is 1. The number of nitrogens with zero attached hydrogens (tertiary/aromatic N) is 1. The van der Waals surface area contributed by atoms with Gasteiger partial charge in [-0.05, 0) is 51.5 Å². The zero-order valence-electron chi connectivity index (χ0n) is 13.0. The molecule has 20 heavy (non-hydrogen) atoms. The molecular formula is C16H26N2O2. The summed E-state index contributed by atoms with van der Waals surface area (Å²) in [6.45, 7) is 10.5. The first-order chi connectivity index (χ1) is 9.65. The number of ether oxygens (including phenoxy) is 1. The van der Waals surface area contributed by atoms with Gasteiger partial charge in [-0.15, -0.1) is 0 Å². The molecule has 1 rings (SSSR count). The van der Waals surface area contributed by atoms with E-state index in [1.54, 1.807) is 0 Å². The molecule has 4 nitrogen and oxygen atoms in total. The average Bonchev–Trinajstić information content (AvgIpc) is 2.47. The van der Waals surface area contributed by atoms with Gasteiger partial charge in [0.2, 0.25) is 0 Å². The Morgan fingerprint density at radius 3 is 2.20 bits per heavy atom. The normalized spacial score (nSPS) is 11.8. The molecule has 1 atom stereocenters. The molecule has 112 valence electrons. The van der Waals surface area contributed by atoms with Crippen LogP contribution in [0.3, 0.4) is 0 Å². The van der Waals surface area contributed by atoms with Crippen molar-refractivity contribution >= 4 is 17.3 Å². The lowest BCUT2D eigenvalue weighted by molar-refractivity contribution is -0.144. The number of nitrogens with one attached hydrogen (secondary N) is 1. The Bertz CT molecular complexity index is 399. The van der Waals surface area contributed by atoms with E-state index in [1.807, 2.05) is 26.0 Å². The van der Waals surface area contributed by atoms with E-state index in [9.17, 15) is 4.79 Å². The van der Waals surface area contributed by atoms with Crippen LogP contribution in [0.1, 0.15) is 34.1 Å². The van der Waals surface area contributed by atoms with Gasteiger partial charge in [-0.1, -0.05) is 6.92 Å². The molecular weight excluding hydrogens is 252 g/mol. The van der Waals surface area contributed by atoms with Gasteiger partial charge < -0.3 is 15.0 Å². The lowest BCUT2D eigenvalue weighted by Gasteiger charge is -2.22. The largest absolute Gasteiger partial charge is 0.464 e.